The Labute approximate surface area is 103 Å². The first-order chi connectivity index (χ1) is 8.49. The van der Waals surface area contributed by atoms with Gasteiger partial charge in [-0.25, -0.2) is 13.6 Å². The van der Waals surface area contributed by atoms with Crippen LogP contribution in [-0.2, 0) is 0 Å². The van der Waals surface area contributed by atoms with Gasteiger partial charge in [0, 0.05) is 11.6 Å². The average Bonchev–Trinajstić information content (AvgIpc) is 2.30. The third-order valence-electron chi connectivity index (χ3n) is 2.71. The Kier molecular flexibility index (Phi) is 3.10. The largest absolute Gasteiger partial charge is 0.478 e. The van der Waals surface area contributed by atoms with Gasteiger partial charge in [-0.1, -0.05) is 12.1 Å². The summed E-state index contributed by atoms with van der Waals surface area (Å²) in [4.78, 5) is 11.0. The van der Waals surface area contributed by atoms with Crippen molar-refractivity contribution in [3.63, 3.8) is 0 Å². The van der Waals surface area contributed by atoms with E-state index in [4.69, 9.17) is 5.11 Å². The smallest absolute Gasteiger partial charge is 0.335 e. The van der Waals surface area contributed by atoms with Gasteiger partial charge in [-0.3, -0.25) is 0 Å². The minimum absolute atomic E-state index is 0.108. The van der Waals surface area contributed by atoms with Gasteiger partial charge in [-0.2, -0.15) is 0 Å². The number of carbonyl (C=O) groups is 1. The van der Waals surface area contributed by atoms with Crippen molar-refractivity contribution in [2.45, 2.75) is 6.92 Å². The number of hydrogen-bond donors (Lipinski definition) is 1. The van der Waals surface area contributed by atoms with E-state index in [1.165, 1.54) is 12.1 Å². The van der Waals surface area contributed by atoms with Crippen LogP contribution in [0.2, 0.25) is 0 Å². The monoisotopic (exact) mass is 248 g/mol. The highest BCUT2D eigenvalue weighted by molar-refractivity contribution is 5.91. The van der Waals surface area contributed by atoms with Gasteiger partial charge in [0.2, 0.25) is 0 Å². The first-order valence-corrected chi connectivity index (χ1v) is 5.28. The van der Waals surface area contributed by atoms with E-state index in [-0.39, 0.29) is 11.1 Å². The number of carboxylic acid groups (broad SMARTS) is 1. The Bertz CT molecular complexity index is 621. The van der Waals surface area contributed by atoms with E-state index in [1.54, 1.807) is 19.1 Å². The first kappa shape index (κ1) is 12.2. The maximum atomic E-state index is 13.6. The number of halogens is 2. The minimum Gasteiger partial charge on any atom is -0.478 e. The van der Waals surface area contributed by atoms with Crippen LogP contribution < -0.4 is 0 Å². The third-order valence-corrected chi connectivity index (χ3v) is 2.71. The molecule has 18 heavy (non-hydrogen) atoms. The highest BCUT2D eigenvalue weighted by Crippen LogP contribution is 2.25. The van der Waals surface area contributed by atoms with Crippen molar-refractivity contribution < 1.29 is 18.7 Å². The Hall–Kier alpha value is -2.23. The van der Waals surface area contributed by atoms with Crippen molar-refractivity contribution >= 4 is 5.97 Å². The Balaban J connectivity index is 2.58. The summed E-state index contributed by atoms with van der Waals surface area (Å²) in [6.07, 6.45) is 0. The molecule has 0 spiro atoms. The summed E-state index contributed by atoms with van der Waals surface area (Å²) in [6.45, 7) is 1.66. The summed E-state index contributed by atoms with van der Waals surface area (Å²) in [5.41, 5.74) is 1.29. The van der Waals surface area contributed by atoms with Crippen molar-refractivity contribution in [1.82, 2.24) is 0 Å². The summed E-state index contributed by atoms with van der Waals surface area (Å²) >= 11 is 0. The molecule has 0 heterocycles. The van der Waals surface area contributed by atoms with E-state index in [9.17, 15) is 13.6 Å². The molecule has 92 valence electrons. The average molecular weight is 248 g/mol. The lowest BCUT2D eigenvalue weighted by molar-refractivity contribution is 0.0696. The first-order valence-electron chi connectivity index (χ1n) is 5.28. The molecule has 0 fully saturated rings. The van der Waals surface area contributed by atoms with E-state index >= 15 is 0 Å². The lowest BCUT2D eigenvalue weighted by Crippen LogP contribution is -2.00. The second kappa shape index (κ2) is 4.56. The van der Waals surface area contributed by atoms with Crippen molar-refractivity contribution in [1.29, 1.82) is 0 Å². The second-order valence-electron chi connectivity index (χ2n) is 3.96. The molecular formula is C14H10F2O2. The van der Waals surface area contributed by atoms with Gasteiger partial charge >= 0.3 is 5.97 Å². The van der Waals surface area contributed by atoms with E-state index in [2.05, 4.69) is 0 Å². The van der Waals surface area contributed by atoms with Gasteiger partial charge in [-0.05, 0) is 36.2 Å². The summed E-state index contributed by atoms with van der Waals surface area (Å²) in [7, 11) is 0. The lowest BCUT2D eigenvalue weighted by atomic mass is 9.99. The van der Waals surface area contributed by atoms with Crippen LogP contribution in [0.5, 0.6) is 0 Å². The number of aryl methyl sites for hydroxylation is 1. The topological polar surface area (TPSA) is 37.3 Å². The molecule has 0 saturated heterocycles. The highest BCUT2D eigenvalue weighted by atomic mass is 19.1. The third kappa shape index (κ3) is 2.22. The van der Waals surface area contributed by atoms with Gasteiger partial charge in [0.25, 0.3) is 0 Å². The fourth-order valence-corrected chi connectivity index (χ4v) is 1.74. The molecule has 4 heteroatoms. The van der Waals surface area contributed by atoms with E-state index in [0.29, 0.717) is 11.1 Å². The second-order valence-corrected chi connectivity index (χ2v) is 3.96. The maximum absolute atomic E-state index is 13.6. The van der Waals surface area contributed by atoms with Gasteiger partial charge in [0.1, 0.15) is 11.6 Å². The molecule has 2 aromatic rings. The quantitative estimate of drug-likeness (QED) is 0.880. The van der Waals surface area contributed by atoms with E-state index in [1.807, 2.05) is 0 Å². The van der Waals surface area contributed by atoms with Gasteiger partial charge < -0.3 is 5.11 Å². The summed E-state index contributed by atoms with van der Waals surface area (Å²) in [5.74, 6) is -2.45. The van der Waals surface area contributed by atoms with Crippen molar-refractivity contribution in [2.24, 2.45) is 0 Å². The number of carboxylic acids is 1. The lowest BCUT2D eigenvalue weighted by Gasteiger charge is -2.07. The standard InChI is InChI=1S/C14H10F2O2/c1-8-2-3-9(6-12(8)14(17)18)11-5-4-10(15)7-13(11)16/h2-7H,1H3,(H,17,18). The molecule has 0 radical (unpaired) electrons. The van der Waals surface area contributed by atoms with E-state index in [0.717, 1.165) is 12.1 Å². The molecular weight excluding hydrogens is 238 g/mol. The number of benzene rings is 2. The van der Waals surface area contributed by atoms with Crippen LogP contribution in [0.15, 0.2) is 36.4 Å². The molecule has 2 aromatic carbocycles. The molecule has 0 aliphatic carbocycles. The highest BCUT2D eigenvalue weighted by Gasteiger charge is 2.11. The molecule has 2 rings (SSSR count). The molecule has 0 aliphatic rings. The Morgan fingerprint density at radius 3 is 2.44 bits per heavy atom. The maximum Gasteiger partial charge on any atom is 0.335 e. The van der Waals surface area contributed by atoms with Crippen molar-refractivity contribution in [2.75, 3.05) is 0 Å². The molecule has 0 unspecified atom stereocenters. The normalized spacial score (nSPS) is 10.4. The van der Waals surface area contributed by atoms with Crippen LogP contribution in [0.1, 0.15) is 15.9 Å². The predicted octanol–water partition coefficient (Wildman–Crippen LogP) is 3.64. The number of hydrogen-bond acceptors (Lipinski definition) is 1. The van der Waals surface area contributed by atoms with E-state index < -0.39 is 17.6 Å². The molecule has 0 bridgehead atoms. The van der Waals surface area contributed by atoms with Crippen LogP contribution in [0, 0.1) is 18.6 Å². The van der Waals surface area contributed by atoms with Crippen molar-refractivity contribution in [3.8, 4) is 11.1 Å². The summed E-state index contributed by atoms with van der Waals surface area (Å²) < 4.78 is 26.4. The summed E-state index contributed by atoms with van der Waals surface area (Å²) in [5, 5.41) is 9.00. The Morgan fingerprint density at radius 1 is 1.11 bits per heavy atom. The predicted molar refractivity (Wildman–Crippen MR) is 63.5 cm³/mol. The van der Waals surface area contributed by atoms with Gasteiger partial charge in [-0.15, -0.1) is 0 Å². The van der Waals surface area contributed by atoms with Crippen LogP contribution >= 0.6 is 0 Å². The number of aromatic carboxylic acids is 1. The van der Waals surface area contributed by atoms with Crippen LogP contribution in [0.25, 0.3) is 11.1 Å². The zero-order valence-corrected chi connectivity index (χ0v) is 9.58. The molecule has 0 amide bonds. The fraction of sp³-hybridized carbons (Fsp3) is 0.0714. The number of rotatable bonds is 2. The SMILES string of the molecule is Cc1ccc(-c2ccc(F)cc2F)cc1C(=O)O. The van der Waals surface area contributed by atoms with Gasteiger partial charge in [0.15, 0.2) is 0 Å². The molecule has 0 aliphatic heterocycles. The zero-order chi connectivity index (χ0) is 13.3. The van der Waals surface area contributed by atoms with Crippen LogP contribution in [-0.4, -0.2) is 11.1 Å². The van der Waals surface area contributed by atoms with Crippen LogP contribution in [0.3, 0.4) is 0 Å². The van der Waals surface area contributed by atoms with Crippen LogP contribution in [0.4, 0.5) is 8.78 Å². The van der Waals surface area contributed by atoms with Gasteiger partial charge in [0.05, 0.1) is 5.56 Å². The Morgan fingerprint density at radius 2 is 1.83 bits per heavy atom. The molecule has 0 atom stereocenters. The molecule has 0 saturated carbocycles. The summed E-state index contributed by atoms with van der Waals surface area (Å²) in [6, 6.07) is 7.79. The zero-order valence-electron chi connectivity index (χ0n) is 9.58. The molecule has 0 aromatic heterocycles. The minimum atomic E-state index is -1.07. The fourth-order valence-electron chi connectivity index (χ4n) is 1.74. The molecule has 1 N–H and O–H groups in total. The van der Waals surface area contributed by atoms with Crippen molar-refractivity contribution in [3.05, 3.63) is 59.2 Å². The molecule has 2 nitrogen and oxygen atoms in total.